The second-order valence-corrected chi connectivity index (χ2v) is 3.76. The summed E-state index contributed by atoms with van der Waals surface area (Å²) in [6.07, 6.45) is 6.50. The molecule has 1 saturated carbocycles. The van der Waals surface area contributed by atoms with E-state index in [1.165, 1.54) is 0 Å². The Labute approximate surface area is 66.8 Å². The van der Waals surface area contributed by atoms with Crippen molar-refractivity contribution in [1.82, 2.24) is 0 Å². The highest BCUT2D eigenvalue weighted by Crippen LogP contribution is 2.53. The van der Waals surface area contributed by atoms with Crippen molar-refractivity contribution in [3.05, 3.63) is 24.3 Å². The molecule has 2 aliphatic carbocycles. The molecule has 58 valence electrons. The lowest BCUT2D eigenvalue weighted by molar-refractivity contribution is -0.114. The summed E-state index contributed by atoms with van der Waals surface area (Å²) in [5.41, 5.74) is 0.861. The molecule has 1 fully saturated rings. The van der Waals surface area contributed by atoms with Crippen LogP contribution in [0.3, 0.4) is 0 Å². The first-order valence-electron chi connectivity index (χ1n) is 4.02. The van der Waals surface area contributed by atoms with Gasteiger partial charge < -0.3 is 4.79 Å². The fourth-order valence-electron chi connectivity index (χ4n) is 2.20. The summed E-state index contributed by atoms with van der Waals surface area (Å²) >= 11 is 0. The van der Waals surface area contributed by atoms with Gasteiger partial charge in [-0.3, -0.25) is 0 Å². The molecular formula is C10H12O. The highest BCUT2D eigenvalue weighted by Gasteiger charge is 2.47. The third kappa shape index (κ3) is 0.635. The fourth-order valence-corrected chi connectivity index (χ4v) is 2.20. The van der Waals surface area contributed by atoms with Gasteiger partial charge in [0.1, 0.15) is 6.29 Å². The monoisotopic (exact) mass is 148 g/mol. The van der Waals surface area contributed by atoms with Crippen LogP contribution < -0.4 is 0 Å². The molecule has 0 N–H and O–H groups in total. The SMILES string of the molecule is C=C1[C@H]2C=C[C@H](C2)[C@]1(C)C=O. The highest BCUT2D eigenvalue weighted by molar-refractivity contribution is 5.68. The molecule has 0 heterocycles. The molecule has 0 radical (unpaired) electrons. The summed E-state index contributed by atoms with van der Waals surface area (Å²) < 4.78 is 0. The molecule has 2 bridgehead atoms. The molecule has 3 atom stereocenters. The molecule has 0 aromatic carbocycles. The van der Waals surface area contributed by atoms with Gasteiger partial charge >= 0.3 is 0 Å². The minimum Gasteiger partial charge on any atom is -0.302 e. The van der Waals surface area contributed by atoms with E-state index in [4.69, 9.17) is 0 Å². The normalized spacial score (nSPS) is 46.8. The van der Waals surface area contributed by atoms with Gasteiger partial charge in [0.2, 0.25) is 0 Å². The predicted molar refractivity (Wildman–Crippen MR) is 44.0 cm³/mol. The summed E-state index contributed by atoms with van der Waals surface area (Å²) in [5.74, 6) is 0.910. The molecule has 11 heavy (non-hydrogen) atoms. The molecule has 1 heteroatoms. The Kier molecular flexibility index (Phi) is 1.15. The standard InChI is InChI=1S/C10H12O/c1-7-8-3-4-9(5-8)10(7,2)6-11/h3-4,6,8-9H,1,5H2,2H3/t8-,9+,10+/m0/s1. The number of hydrogen-bond donors (Lipinski definition) is 0. The average molecular weight is 148 g/mol. The highest BCUT2D eigenvalue weighted by atomic mass is 16.1. The molecule has 0 amide bonds. The van der Waals surface area contributed by atoms with E-state index in [0.29, 0.717) is 11.8 Å². The van der Waals surface area contributed by atoms with Crippen LogP contribution in [0, 0.1) is 17.3 Å². The fraction of sp³-hybridized carbons (Fsp3) is 0.500. The zero-order valence-corrected chi connectivity index (χ0v) is 6.71. The summed E-state index contributed by atoms with van der Waals surface area (Å²) in [6.45, 7) is 5.97. The number of rotatable bonds is 1. The summed E-state index contributed by atoms with van der Waals surface area (Å²) in [7, 11) is 0. The van der Waals surface area contributed by atoms with E-state index in [1.54, 1.807) is 0 Å². The van der Waals surface area contributed by atoms with Crippen molar-refractivity contribution in [3.8, 4) is 0 Å². The topological polar surface area (TPSA) is 17.1 Å². The largest absolute Gasteiger partial charge is 0.302 e. The van der Waals surface area contributed by atoms with Crippen LogP contribution >= 0.6 is 0 Å². The van der Waals surface area contributed by atoms with Gasteiger partial charge in [0.05, 0.1) is 5.41 Å². The molecule has 0 saturated heterocycles. The molecule has 2 aliphatic rings. The molecule has 2 rings (SSSR count). The molecule has 0 unspecified atom stereocenters. The van der Waals surface area contributed by atoms with Crippen LogP contribution in [0.15, 0.2) is 24.3 Å². The van der Waals surface area contributed by atoms with Crippen molar-refractivity contribution in [2.24, 2.45) is 17.3 Å². The van der Waals surface area contributed by atoms with Crippen LogP contribution in [0.5, 0.6) is 0 Å². The lowest BCUT2D eigenvalue weighted by atomic mass is 9.76. The maximum atomic E-state index is 10.8. The summed E-state index contributed by atoms with van der Waals surface area (Å²) in [6, 6.07) is 0. The Hall–Kier alpha value is -0.850. The third-order valence-corrected chi connectivity index (χ3v) is 3.24. The first kappa shape index (κ1) is 6.84. The Morgan fingerprint density at radius 2 is 2.45 bits per heavy atom. The Bertz CT molecular complexity index is 252. The average Bonchev–Trinajstić information content (AvgIpc) is 2.56. The van der Waals surface area contributed by atoms with E-state index in [-0.39, 0.29) is 5.41 Å². The summed E-state index contributed by atoms with van der Waals surface area (Å²) in [4.78, 5) is 10.8. The smallest absolute Gasteiger partial charge is 0.130 e. The number of carbonyl (C=O) groups is 1. The van der Waals surface area contributed by atoms with Crippen LogP contribution in [0.25, 0.3) is 0 Å². The third-order valence-electron chi connectivity index (χ3n) is 3.24. The van der Waals surface area contributed by atoms with Gasteiger partial charge in [0, 0.05) is 0 Å². The van der Waals surface area contributed by atoms with Gasteiger partial charge in [0.25, 0.3) is 0 Å². The van der Waals surface area contributed by atoms with Gasteiger partial charge in [-0.1, -0.05) is 24.3 Å². The van der Waals surface area contributed by atoms with Crippen LogP contribution in [-0.2, 0) is 4.79 Å². The van der Waals surface area contributed by atoms with Crippen LogP contribution in [0.2, 0.25) is 0 Å². The minimum atomic E-state index is -0.251. The second-order valence-electron chi connectivity index (χ2n) is 3.76. The lowest BCUT2D eigenvalue weighted by Crippen LogP contribution is -2.25. The molecule has 0 spiro atoms. The van der Waals surface area contributed by atoms with Crippen molar-refractivity contribution in [1.29, 1.82) is 0 Å². The van der Waals surface area contributed by atoms with Crippen LogP contribution in [0.1, 0.15) is 13.3 Å². The quantitative estimate of drug-likeness (QED) is 0.410. The second kappa shape index (κ2) is 1.84. The number of allylic oxidation sites excluding steroid dienone is 3. The Balaban J connectivity index is 2.46. The van der Waals surface area contributed by atoms with E-state index < -0.39 is 0 Å². The molecule has 1 nitrogen and oxygen atoms in total. The van der Waals surface area contributed by atoms with E-state index in [1.807, 2.05) is 6.92 Å². The van der Waals surface area contributed by atoms with E-state index in [0.717, 1.165) is 18.3 Å². The van der Waals surface area contributed by atoms with Gasteiger partial charge in [-0.15, -0.1) is 0 Å². The number of aldehydes is 1. The van der Waals surface area contributed by atoms with Crippen LogP contribution in [-0.4, -0.2) is 6.29 Å². The number of fused-ring (bicyclic) bond motifs is 2. The lowest BCUT2D eigenvalue weighted by Gasteiger charge is -2.26. The maximum absolute atomic E-state index is 10.8. The van der Waals surface area contributed by atoms with Gasteiger partial charge in [0.15, 0.2) is 0 Å². The Morgan fingerprint density at radius 1 is 1.73 bits per heavy atom. The predicted octanol–water partition coefficient (Wildman–Crippen LogP) is 1.95. The Morgan fingerprint density at radius 3 is 2.82 bits per heavy atom. The van der Waals surface area contributed by atoms with Crippen molar-refractivity contribution >= 4 is 6.29 Å². The molecule has 0 aliphatic heterocycles. The first-order chi connectivity index (χ1) is 5.18. The molecule has 0 aromatic rings. The van der Waals surface area contributed by atoms with Crippen molar-refractivity contribution in [3.63, 3.8) is 0 Å². The van der Waals surface area contributed by atoms with Crippen molar-refractivity contribution in [2.75, 3.05) is 0 Å². The molecule has 0 aromatic heterocycles. The number of carbonyl (C=O) groups excluding carboxylic acids is 1. The van der Waals surface area contributed by atoms with Gasteiger partial charge in [-0.25, -0.2) is 0 Å². The molecular weight excluding hydrogens is 136 g/mol. The zero-order chi connectivity index (χ0) is 8.06. The first-order valence-corrected chi connectivity index (χ1v) is 4.02. The van der Waals surface area contributed by atoms with Gasteiger partial charge in [-0.05, 0) is 25.2 Å². The zero-order valence-electron chi connectivity index (χ0n) is 6.71. The van der Waals surface area contributed by atoms with Crippen LogP contribution in [0.4, 0.5) is 0 Å². The van der Waals surface area contributed by atoms with Crippen molar-refractivity contribution in [2.45, 2.75) is 13.3 Å². The van der Waals surface area contributed by atoms with Gasteiger partial charge in [-0.2, -0.15) is 0 Å². The van der Waals surface area contributed by atoms with E-state index in [9.17, 15) is 4.79 Å². The number of hydrogen-bond acceptors (Lipinski definition) is 1. The van der Waals surface area contributed by atoms with E-state index in [2.05, 4.69) is 18.7 Å². The maximum Gasteiger partial charge on any atom is 0.130 e. The van der Waals surface area contributed by atoms with E-state index >= 15 is 0 Å². The van der Waals surface area contributed by atoms with Crippen molar-refractivity contribution < 1.29 is 4.79 Å². The minimum absolute atomic E-state index is 0.251. The summed E-state index contributed by atoms with van der Waals surface area (Å²) in [5, 5.41) is 0.